The fraction of sp³-hybridized carbons (Fsp3) is 0.364. The number of esters is 1. The van der Waals surface area contributed by atoms with Crippen molar-refractivity contribution >= 4 is 5.97 Å². The van der Waals surface area contributed by atoms with Gasteiger partial charge in [-0.3, -0.25) is 4.79 Å². The maximum Gasteiger partial charge on any atom is 0.306 e. The monoisotopic (exact) mass is 208 g/mol. The molecule has 1 unspecified atom stereocenters. The smallest absolute Gasteiger partial charge is 0.306 e. The van der Waals surface area contributed by atoms with Crippen molar-refractivity contribution < 1.29 is 19.4 Å². The number of para-hydroxylation sites is 1. The molecule has 1 aliphatic rings. The first-order chi connectivity index (χ1) is 7.22. The molecule has 0 bridgehead atoms. The molecule has 0 aliphatic carbocycles. The number of benzene rings is 1. The third-order valence-electron chi connectivity index (χ3n) is 2.53. The molecule has 0 radical (unpaired) electrons. The van der Waals surface area contributed by atoms with E-state index in [-0.39, 0.29) is 24.1 Å². The van der Waals surface area contributed by atoms with Crippen LogP contribution >= 0.6 is 0 Å². The van der Waals surface area contributed by atoms with Crippen molar-refractivity contribution in [3.05, 3.63) is 23.8 Å². The Morgan fingerprint density at radius 2 is 2.47 bits per heavy atom. The number of hydrogen-bond donors (Lipinski definition) is 1. The van der Waals surface area contributed by atoms with Crippen LogP contribution in [0.2, 0.25) is 0 Å². The van der Waals surface area contributed by atoms with Gasteiger partial charge >= 0.3 is 5.97 Å². The lowest BCUT2D eigenvalue weighted by atomic mass is 9.98. The molecule has 80 valence electrons. The van der Waals surface area contributed by atoms with Crippen LogP contribution in [0.25, 0.3) is 0 Å². The van der Waals surface area contributed by atoms with Gasteiger partial charge in [-0.2, -0.15) is 0 Å². The zero-order valence-corrected chi connectivity index (χ0v) is 8.40. The van der Waals surface area contributed by atoms with E-state index in [1.807, 2.05) is 6.07 Å². The van der Waals surface area contributed by atoms with E-state index in [1.165, 1.54) is 7.11 Å². The van der Waals surface area contributed by atoms with Gasteiger partial charge in [-0.1, -0.05) is 12.1 Å². The summed E-state index contributed by atoms with van der Waals surface area (Å²) in [5, 5.41) is 9.50. The van der Waals surface area contributed by atoms with E-state index >= 15 is 0 Å². The summed E-state index contributed by atoms with van der Waals surface area (Å²) in [6.45, 7) is 0.419. The number of carbonyl (C=O) groups excluding carboxylic acids is 1. The standard InChI is InChI=1S/C11H12O4/c1-14-10(13)5-7-6-15-11-8(7)3-2-4-9(11)12/h2-4,7,12H,5-6H2,1H3. The van der Waals surface area contributed by atoms with Crippen molar-refractivity contribution in [2.75, 3.05) is 13.7 Å². The molecule has 15 heavy (non-hydrogen) atoms. The van der Waals surface area contributed by atoms with E-state index < -0.39 is 0 Å². The van der Waals surface area contributed by atoms with Crippen molar-refractivity contribution in [1.29, 1.82) is 0 Å². The van der Waals surface area contributed by atoms with E-state index in [0.717, 1.165) is 5.56 Å². The minimum absolute atomic E-state index is 0.0143. The summed E-state index contributed by atoms with van der Waals surface area (Å²) in [7, 11) is 1.36. The Morgan fingerprint density at radius 1 is 1.67 bits per heavy atom. The second kappa shape index (κ2) is 3.81. The fourth-order valence-electron chi connectivity index (χ4n) is 1.75. The summed E-state index contributed by atoms with van der Waals surface area (Å²) in [5.74, 6) is 0.339. The van der Waals surface area contributed by atoms with Crippen LogP contribution in [0.5, 0.6) is 11.5 Å². The highest BCUT2D eigenvalue weighted by atomic mass is 16.5. The maximum absolute atomic E-state index is 11.1. The molecule has 4 heteroatoms. The van der Waals surface area contributed by atoms with Gasteiger partial charge in [0.25, 0.3) is 0 Å². The van der Waals surface area contributed by atoms with Crippen molar-refractivity contribution in [3.8, 4) is 11.5 Å². The van der Waals surface area contributed by atoms with E-state index in [0.29, 0.717) is 12.4 Å². The topological polar surface area (TPSA) is 55.8 Å². The van der Waals surface area contributed by atoms with Gasteiger partial charge in [0, 0.05) is 11.5 Å². The summed E-state index contributed by atoms with van der Waals surface area (Å²) in [6.07, 6.45) is 0.285. The van der Waals surface area contributed by atoms with Crippen LogP contribution < -0.4 is 4.74 Å². The largest absolute Gasteiger partial charge is 0.504 e. The Kier molecular flexibility index (Phi) is 2.49. The molecule has 1 N–H and O–H groups in total. The first-order valence-electron chi connectivity index (χ1n) is 4.74. The molecule has 0 saturated carbocycles. The average molecular weight is 208 g/mol. The average Bonchev–Trinajstić information content (AvgIpc) is 2.63. The first kappa shape index (κ1) is 9.83. The minimum Gasteiger partial charge on any atom is -0.504 e. The SMILES string of the molecule is COC(=O)CC1COc2c(O)cccc21. The Bertz CT molecular complexity index is 386. The van der Waals surface area contributed by atoms with Gasteiger partial charge < -0.3 is 14.6 Å². The molecule has 2 rings (SSSR count). The number of fused-ring (bicyclic) bond motifs is 1. The van der Waals surface area contributed by atoms with E-state index in [9.17, 15) is 9.90 Å². The molecular weight excluding hydrogens is 196 g/mol. The van der Waals surface area contributed by atoms with Gasteiger partial charge in [-0.25, -0.2) is 0 Å². The van der Waals surface area contributed by atoms with Crippen LogP contribution in [0.15, 0.2) is 18.2 Å². The van der Waals surface area contributed by atoms with Crippen LogP contribution in [-0.2, 0) is 9.53 Å². The van der Waals surface area contributed by atoms with Crippen LogP contribution in [0.4, 0.5) is 0 Å². The number of ether oxygens (including phenoxy) is 2. The van der Waals surface area contributed by atoms with Gasteiger partial charge in [0.15, 0.2) is 11.5 Å². The summed E-state index contributed by atoms with van der Waals surface area (Å²) >= 11 is 0. The Labute approximate surface area is 87.4 Å². The maximum atomic E-state index is 11.1. The van der Waals surface area contributed by atoms with Gasteiger partial charge in [0.1, 0.15) is 0 Å². The van der Waals surface area contributed by atoms with Crippen LogP contribution in [0.3, 0.4) is 0 Å². The summed E-state index contributed by atoms with van der Waals surface area (Å²) < 4.78 is 9.93. The van der Waals surface area contributed by atoms with Gasteiger partial charge in [0.2, 0.25) is 0 Å². The molecule has 1 aliphatic heterocycles. The van der Waals surface area contributed by atoms with E-state index in [2.05, 4.69) is 4.74 Å². The lowest BCUT2D eigenvalue weighted by Crippen LogP contribution is -2.09. The predicted octanol–water partition coefficient (Wildman–Crippen LogP) is 1.43. The zero-order chi connectivity index (χ0) is 10.8. The normalized spacial score (nSPS) is 18.1. The third kappa shape index (κ3) is 1.75. The second-order valence-corrected chi connectivity index (χ2v) is 3.48. The molecular formula is C11H12O4. The molecule has 0 fully saturated rings. The number of phenols is 1. The Morgan fingerprint density at radius 3 is 3.20 bits per heavy atom. The highest BCUT2D eigenvalue weighted by Gasteiger charge is 2.28. The third-order valence-corrected chi connectivity index (χ3v) is 2.53. The van der Waals surface area contributed by atoms with Gasteiger partial charge in [-0.05, 0) is 6.07 Å². The van der Waals surface area contributed by atoms with E-state index in [4.69, 9.17) is 4.74 Å². The molecule has 0 amide bonds. The number of aromatic hydroxyl groups is 1. The molecule has 1 atom stereocenters. The second-order valence-electron chi connectivity index (χ2n) is 3.48. The molecule has 1 aromatic carbocycles. The van der Waals surface area contributed by atoms with Crippen LogP contribution in [-0.4, -0.2) is 24.8 Å². The van der Waals surface area contributed by atoms with Gasteiger partial charge in [-0.15, -0.1) is 0 Å². The number of methoxy groups -OCH3 is 1. The zero-order valence-electron chi connectivity index (χ0n) is 8.40. The number of phenolic OH excluding ortho intramolecular Hbond substituents is 1. The quantitative estimate of drug-likeness (QED) is 0.747. The molecule has 0 saturated heterocycles. The molecule has 0 aromatic heterocycles. The van der Waals surface area contributed by atoms with E-state index in [1.54, 1.807) is 12.1 Å². The van der Waals surface area contributed by atoms with Crippen molar-refractivity contribution in [2.24, 2.45) is 0 Å². The van der Waals surface area contributed by atoms with Crippen molar-refractivity contribution in [2.45, 2.75) is 12.3 Å². The number of hydrogen-bond acceptors (Lipinski definition) is 4. The van der Waals surface area contributed by atoms with Crippen LogP contribution in [0, 0.1) is 0 Å². The molecule has 1 aromatic rings. The minimum atomic E-state index is -0.264. The summed E-state index contributed by atoms with van der Waals surface area (Å²) in [6, 6.07) is 5.17. The van der Waals surface area contributed by atoms with Gasteiger partial charge in [0.05, 0.1) is 20.1 Å². The predicted molar refractivity (Wildman–Crippen MR) is 53.0 cm³/mol. The van der Waals surface area contributed by atoms with Crippen LogP contribution in [0.1, 0.15) is 17.9 Å². The lowest BCUT2D eigenvalue weighted by molar-refractivity contribution is -0.141. The Balaban J connectivity index is 2.21. The Hall–Kier alpha value is -1.71. The number of carbonyl (C=O) groups is 1. The highest BCUT2D eigenvalue weighted by molar-refractivity contribution is 5.71. The first-order valence-corrected chi connectivity index (χ1v) is 4.74. The lowest BCUT2D eigenvalue weighted by Gasteiger charge is -2.06. The molecule has 0 spiro atoms. The molecule has 4 nitrogen and oxygen atoms in total. The summed E-state index contributed by atoms with van der Waals surface area (Å²) in [4.78, 5) is 11.1. The molecule has 1 heterocycles. The van der Waals surface area contributed by atoms with Crippen molar-refractivity contribution in [3.63, 3.8) is 0 Å². The number of rotatable bonds is 2. The highest BCUT2D eigenvalue weighted by Crippen LogP contribution is 2.41. The summed E-state index contributed by atoms with van der Waals surface area (Å²) in [5.41, 5.74) is 0.875. The fourth-order valence-corrected chi connectivity index (χ4v) is 1.75. The van der Waals surface area contributed by atoms with Crippen molar-refractivity contribution in [1.82, 2.24) is 0 Å².